The van der Waals surface area contributed by atoms with E-state index >= 15 is 0 Å². The molecule has 112 heavy (non-hydrogen) atoms. The van der Waals surface area contributed by atoms with Crippen molar-refractivity contribution in [2.75, 3.05) is 9.80 Å². The van der Waals surface area contributed by atoms with Gasteiger partial charge in [-0.15, -0.1) is 0 Å². The molecule has 0 radical (unpaired) electrons. The van der Waals surface area contributed by atoms with Crippen molar-refractivity contribution >= 4 is 122 Å². The Bertz CT molecular complexity index is 6410. The molecule has 0 spiro atoms. The van der Waals surface area contributed by atoms with Gasteiger partial charge in [0.05, 0.1) is 22.4 Å². The molecule has 0 atom stereocenters. The van der Waals surface area contributed by atoms with Gasteiger partial charge in [-0.05, 0) is 214 Å². The van der Waals surface area contributed by atoms with Gasteiger partial charge in [-0.25, -0.2) is 0 Å². The van der Waals surface area contributed by atoms with Crippen LogP contribution in [0.15, 0.2) is 309 Å². The number of para-hydroxylation sites is 2. The Morgan fingerprint density at radius 1 is 0.223 bits per heavy atom. The summed E-state index contributed by atoms with van der Waals surface area (Å²) in [6.45, 7) is 35.2. The molecule has 16 aromatic carbocycles. The van der Waals surface area contributed by atoms with Crippen molar-refractivity contribution in [1.29, 1.82) is 0 Å². The van der Waals surface area contributed by atoms with Crippen LogP contribution in [0.2, 0.25) is 0 Å². The average Bonchev–Trinajstić information content (AvgIpc) is 0.725. The highest BCUT2D eigenvalue weighted by Crippen LogP contribution is 2.56. The van der Waals surface area contributed by atoms with Gasteiger partial charge >= 0.3 is 0 Å². The van der Waals surface area contributed by atoms with E-state index in [9.17, 15) is 0 Å². The predicted molar refractivity (Wildman–Crippen MR) is 486 cm³/mol. The maximum absolute atomic E-state index is 2.77. The van der Waals surface area contributed by atoms with E-state index in [1.54, 1.807) is 0 Å². The normalized spacial score (nSPS) is 13.3. The Hall–Kier alpha value is -12.0. The third-order valence-electron chi connectivity index (χ3n) is 24.5. The third-order valence-corrected chi connectivity index (χ3v) is 24.5. The average molecular weight is 1450 g/mol. The molecular formula is C108H96BN3. The van der Waals surface area contributed by atoms with Crippen LogP contribution < -0.4 is 26.2 Å². The maximum atomic E-state index is 2.77. The summed E-state index contributed by atoms with van der Waals surface area (Å²) in [5.74, 6) is 0. The van der Waals surface area contributed by atoms with Crippen LogP contribution in [0.5, 0.6) is 0 Å². The Labute approximate surface area is 661 Å². The zero-order valence-electron chi connectivity index (χ0n) is 67.4. The highest BCUT2D eigenvalue weighted by atomic mass is 15.2. The van der Waals surface area contributed by atoms with Gasteiger partial charge in [0, 0.05) is 61.5 Å². The van der Waals surface area contributed by atoms with Gasteiger partial charge in [-0.1, -0.05) is 347 Å². The number of anilines is 6. The van der Waals surface area contributed by atoms with E-state index in [2.05, 4.69) is 428 Å². The quantitative estimate of drug-likeness (QED) is 0.111. The second-order valence-corrected chi connectivity index (χ2v) is 36.9. The van der Waals surface area contributed by atoms with E-state index in [0.717, 1.165) is 73.2 Å². The highest BCUT2D eigenvalue weighted by Gasteiger charge is 2.47. The minimum absolute atomic E-state index is 0.0629. The lowest BCUT2D eigenvalue weighted by atomic mass is 9.33. The van der Waals surface area contributed by atoms with E-state index in [-0.39, 0.29) is 33.8 Å². The van der Waals surface area contributed by atoms with Gasteiger partial charge in [0.25, 0.3) is 6.71 Å². The minimum atomic E-state index is -0.346. The minimum Gasteiger partial charge on any atom is -0.310 e. The largest absolute Gasteiger partial charge is 0.310 e. The van der Waals surface area contributed by atoms with Gasteiger partial charge in [-0.3, -0.25) is 0 Å². The van der Waals surface area contributed by atoms with Gasteiger partial charge in [0.2, 0.25) is 0 Å². The number of nitrogens with zero attached hydrogens (tertiary/aromatic N) is 3. The lowest BCUT2D eigenvalue weighted by Gasteiger charge is -2.46. The zero-order valence-corrected chi connectivity index (χ0v) is 67.4. The van der Waals surface area contributed by atoms with Crippen molar-refractivity contribution < 1.29 is 0 Å². The van der Waals surface area contributed by atoms with E-state index in [0.29, 0.717) is 0 Å². The van der Waals surface area contributed by atoms with E-state index in [4.69, 9.17) is 0 Å². The molecule has 2 aliphatic heterocycles. The van der Waals surface area contributed by atoms with Crippen LogP contribution in [0.3, 0.4) is 0 Å². The fraction of sp³-hybridized carbons (Fsp3) is 0.185. The van der Waals surface area contributed by atoms with Gasteiger partial charge in [0.1, 0.15) is 0 Å². The van der Waals surface area contributed by atoms with Crippen LogP contribution in [0.1, 0.15) is 132 Å². The molecule has 0 saturated carbocycles. The number of fused-ring (bicyclic) bond motifs is 13. The standard InChI is InChI=1S/C108H96BN3/c1-104(2,3)73-49-54-95-91(62-73)92-63-74(105(4,5)6)50-55-96(92)110(95)78-51-52-93-98(66-78)112(102-81(67-32-18-16-19-33-67)44-30-45-82(102)68-34-20-17-21-35-68)100-65-77(108(13,14)15)64-99-101(100)109(93)94-60-69(72-56-75(106(7,8)9)61-76(57-72)107(10,11)12)48-53-97(94)111(99)103-87(89-58-70-36-22-24-38-79(70)83-40-26-28-42-85(83)89)46-31-47-88(103)90-59-71-37-23-25-39-80(71)84-41-27-29-43-86(84)90/h16-66H,1-15H3. The van der Waals surface area contributed by atoms with E-state index in [1.807, 2.05) is 0 Å². The van der Waals surface area contributed by atoms with Crippen molar-refractivity contribution in [2.24, 2.45) is 0 Å². The Morgan fingerprint density at radius 3 is 1.11 bits per heavy atom. The lowest BCUT2D eigenvalue weighted by molar-refractivity contribution is 0.569. The van der Waals surface area contributed by atoms with Crippen LogP contribution in [-0.2, 0) is 27.1 Å². The second-order valence-electron chi connectivity index (χ2n) is 36.9. The smallest absolute Gasteiger partial charge is 0.252 e. The van der Waals surface area contributed by atoms with Crippen LogP contribution >= 0.6 is 0 Å². The number of benzene rings is 16. The number of hydrogen-bond donors (Lipinski definition) is 0. The van der Waals surface area contributed by atoms with Gasteiger partial charge in [-0.2, -0.15) is 0 Å². The number of aromatic nitrogens is 1. The molecule has 546 valence electrons. The van der Waals surface area contributed by atoms with Crippen molar-refractivity contribution in [1.82, 2.24) is 4.57 Å². The summed E-state index contributed by atoms with van der Waals surface area (Å²) in [7, 11) is 0. The van der Waals surface area contributed by atoms with Crippen LogP contribution in [-0.4, -0.2) is 11.3 Å². The topological polar surface area (TPSA) is 11.4 Å². The molecule has 3 heterocycles. The Morgan fingerprint density at radius 2 is 0.634 bits per heavy atom. The van der Waals surface area contributed by atoms with Crippen molar-refractivity contribution in [3.8, 4) is 61.3 Å². The van der Waals surface area contributed by atoms with E-state index in [1.165, 1.54) is 131 Å². The first-order chi connectivity index (χ1) is 53.7. The highest BCUT2D eigenvalue weighted by molar-refractivity contribution is 7.00. The molecule has 0 amide bonds. The van der Waals surface area contributed by atoms with Crippen LogP contribution in [0, 0.1) is 0 Å². The summed E-state index contributed by atoms with van der Waals surface area (Å²) in [6, 6.07) is 120. The van der Waals surface area contributed by atoms with Crippen molar-refractivity contribution in [3.63, 3.8) is 0 Å². The summed E-state index contributed by atoms with van der Waals surface area (Å²) in [4.78, 5) is 5.51. The third kappa shape index (κ3) is 11.6. The first-order valence-electron chi connectivity index (χ1n) is 40.2. The number of hydrogen-bond acceptors (Lipinski definition) is 2. The summed E-state index contributed by atoms with van der Waals surface area (Å²) >= 11 is 0. The lowest BCUT2D eigenvalue weighted by Crippen LogP contribution is -2.61. The summed E-state index contributed by atoms with van der Waals surface area (Å²) in [5.41, 5.74) is 31.6. The number of rotatable bonds is 8. The van der Waals surface area contributed by atoms with E-state index < -0.39 is 0 Å². The SMILES string of the molecule is CC(C)(C)c1cc(-c2ccc3c(c2)B2c4ccc(-n5c6ccc(C(C)(C)C)cc6c6cc(C(C)(C)C)ccc65)cc4N(c4c(-c5ccccc5)cccc4-c4ccccc4)c4cc(C(C)(C)C)cc(c42)N3c2c(-c3cc4ccccc4c4ccccc34)cccc2-c2cc3ccccc3c3ccccc23)cc(C(C)(C)C)c1. The summed E-state index contributed by atoms with van der Waals surface area (Å²) < 4.78 is 2.57. The Balaban J connectivity index is 1.00. The fourth-order valence-electron chi connectivity index (χ4n) is 18.4. The molecule has 0 unspecified atom stereocenters. The van der Waals surface area contributed by atoms with Gasteiger partial charge < -0.3 is 14.4 Å². The molecular weight excluding hydrogens is 1350 g/mol. The molecule has 0 aliphatic carbocycles. The summed E-state index contributed by atoms with van der Waals surface area (Å²) in [5, 5.41) is 12.3. The molecule has 4 heteroatoms. The first-order valence-corrected chi connectivity index (χ1v) is 40.2. The second kappa shape index (κ2) is 25.8. The molecule has 0 fully saturated rings. The van der Waals surface area contributed by atoms with Crippen molar-refractivity contribution in [2.45, 2.75) is 131 Å². The zero-order chi connectivity index (χ0) is 77.2. The monoisotopic (exact) mass is 1450 g/mol. The molecule has 0 saturated heterocycles. The Kier molecular flexibility index (Phi) is 16.2. The molecule has 0 N–H and O–H groups in total. The molecule has 17 aromatic rings. The van der Waals surface area contributed by atoms with Crippen LogP contribution in [0.25, 0.3) is 126 Å². The predicted octanol–water partition coefficient (Wildman–Crippen LogP) is 28.3. The fourth-order valence-corrected chi connectivity index (χ4v) is 18.4. The van der Waals surface area contributed by atoms with Crippen LogP contribution in [0.4, 0.5) is 34.1 Å². The van der Waals surface area contributed by atoms with Crippen molar-refractivity contribution in [3.05, 3.63) is 337 Å². The molecule has 1 aromatic heterocycles. The molecule has 2 aliphatic rings. The van der Waals surface area contributed by atoms with Gasteiger partial charge in [0.15, 0.2) is 0 Å². The molecule has 3 nitrogen and oxygen atoms in total. The molecule has 19 rings (SSSR count). The summed E-state index contributed by atoms with van der Waals surface area (Å²) in [6.07, 6.45) is 0. The first kappa shape index (κ1) is 70.4. The maximum Gasteiger partial charge on any atom is 0.252 e. The molecule has 0 bridgehead atoms.